The summed E-state index contributed by atoms with van der Waals surface area (Å²) in [6, 6.07) is 1.67. The molecule has 1 aliphatic rings. The van der Waals surface area contributed by atoms with Gasteiger partial charge in [0, 0.05) is 17.2 Å². The number of aliphatic carboxylic acids is 1. The number of carbonyl (C=O) groups is 1. The van der Waals surface area contributed by atoms with E-state index in [1.165, 1.54) is 17.4 Å². The molecule has 1 unspecified atom stereocenters. The first-order valence-electron chi connectivity index (χ1n) is 6.02. The predicted octanol–water partition coefficient (Wildman–Crippen LogP) is 3.73. The highest BCUT2D eigenvalue weighted by Crippen LogP contribution is 2.45. The van der Waals surface area contributed by atoms with Crippen LogP contribution < -0.4 is 5.06 Å². The van der Waals surface area contributed by atoms with E-state index in [4.69, 9.17) is 16.7 Å². The fourth-order valence-corrected chi connectivity index (χ4v) is 3.60. The molecule has 0 saturated heterocycles. The van der Waals surface area contributed by atoms with Gasteiger partial charge in [0.1, 0.15) is 11.2 Å². The Morgan fingerprint density at radius 2 is 2.40 bits per heavy atom. The number of nitrogens with zero attached hydrogens (tertiary/aromatic N) is 2. The van der Waals surface area contributed by atoms with Gasteiger partial charge in [-0.1, -0.05) is 18.5 Å². The van der Waals surface area contributed by atoms with E-state index in [2.05, 4.69) is 4.98 Å². The molecule has 20 heavy (non-hydrogen) atoms. The minimum Gasteiger partial charge on any atom is -0.754 e. The van der Waals surface area contributed by atoms with Crippen molar-refractivity contribution in [3.05, 3.63) is 39.1 Å². The van der Waals surface area contributed by atoms with Crippen LogP contribution in [0.25, 0.3) is 10.2 Å². The highest BCUT2D eigenvalue weighted by molar-refractivity contribution is 7.16. The predicted molar refractivity (Wildman–Crippen MR) is 79.2 cm³/mol. The number of halogens is 1. The Morgan fingerprint density at radius 1 is 1.65 bits per heavy atom. The zero-order valence-electron chi connectivity index (χ0n) is 10.5. The lowest BCUT2D eigenvalue weighted by Crippen LogP contribution is -2.27. The lowest BCUT2D eigenvalue weighted by molar-refractivity contribution is -0.132. The number of carboxylic acid groups (broad SMARTS) is 1. The topological polar surface area (TPSA) is 76.5 Å². The number of rotatable bonds is 2. The summed E-state index contributed by atoms with van der Waals surface area (Å²) >= 11 is 7.74. The van der Waals surface area contributed by atoms with Crippen LogP contribution in [0.1, 0.15) is 24.8 Å². The fraction of sp³-hybridized carbons (Fsp3) is 0.231. The minimum absolute atomic E-state index is 0.195. The fourth-order valence-electron chi connectivity index (χ4n) is 2.44. The molecule has 0 saturated carbocycles. The van der Waals surface area contributed by atoms with E-state index in [-0.39, 0.29) is 11.6 Å². The number of carboxylic acids is 1. The highest BCUT2D eigenvalue weighted by atomic mass is 35.5. The lowest BCUT2D eigenvalue weighted by Gasteiger charge is -2.38. The first-order chi connectivity index (χ1) is 9.54. The van der Waals surface area contributed by atoms with Gasteiger partial charge in [-0.3, -0.25) is 0 Å². The Bertz CT molecular complexity index is 741. The minimum atomic E-state index is -1.23. The van der Waals surface area contributed by atoms with Crippen molar-refractivity contribution < 1.29 is 9.90 Å². The van der Waals surface area contributed by atoms with Gasteiger partial charge in [-0.05, 0) is 18.6 Å². The average molecular weight is 310 g/mol. The molecule has 7 heteroatoms. The van der Waals surface area contributed by atoms with Crippen molar-refractivity contribution in [3.63, 3.8) is 0 Å². The molecule has 0 radical (unpaired) electrons. The second-order valence-corrected chi connectivity index (χ2v) is 5.75. The number of hydroxylamine groups is 1. The van der Waals surface area contributed by atoms with Crippen LogP contribution in [0.5, 0.6) is 0 Å². The molecular formula is C13H10ClN2O3S-. The summed E-state index contributed by atoms with van der Waals surface area (Å²) in [4.78, 5) is 15.4. The summed E-state index contributed by atoms with van der Waals surface area (Å²) in [5.41, 5.74) is 3.02. The Hall–Kier alpha value is -1.63. The Labute approximate surface area is 123 Å². The maximum atomic E-state index is 12.2. The Kier molecular flexibility index (Phi) is 3.16. The lowest BCUT2D eigenvalue weighted by atomic mass is 9.90. The zero-order valence-corrected chi connectivity index (χ0v) is 12.0. The number of fused-ring (bicyclic) bond motifs is 2. The van der Waals surface area contributed by atoms with Crippen molar-refractivity contribution in [2.24, 2.45) is 0 Å². The SMILES string of the molecule is CCC1C=C(C(=O)O)N([O-])c2cc3scnc3c(Cl)c21. The van der Waals surface area contributed by atoms with E-state index in [0.29, 0.717) is 33.3 Å². The van der Waals surface area contributed by atoms with Crippen LogP contribution in [-0.4, -0.2) is 16.1 Å². The molecule has 1 N–H and O–H groups in total. The van der Waals surface area contributed by atoms with E-state index in [1.54, 1.807) is 11.6 Å². The second kappa shape index (κ2) is 4.73. The quantitative estimate of drug-likeness (QED) is 0.914. The van der Waals surface area contributed by atoms with Gasteiger partial charge in [-0.25, -0.2) is 9.78 Å². The van der Waals surface area contributed by atoms with Gasteiger partial charge >= 0.3 is 5.97 Å². The molecular weight excluding hydrogens is 300 g/mol. The summed E-state index contributed by atoms with van der Waals surface area (Å²) in [6.45, 7) is 1.92. The van der Waals surface area contributed by atoms with Crippen molar-refractivity contribution in [2.45, 2.75) is 19.3 Å². The molecule has 104 valence electrons. The maximum absolute atomic E-state index is 12.2. The van der Waals surface area contributed by atoms with Crippen molar-refractivity contribution >= 4 is 44.8 Å². The van der Waals surface area contributed by atoms with Crippen LogP contribution in [0.2, 0.25) is 5.02 Å². The average Bonchev–Trinajstić information content (AvgIpc) is 2.88. The summed E-state index contributed by atoms with van der Waals surface area (Å²) in [5, 5.41) is 22.2. The van der Waals surface area contributed by atoms with Crippen LogP contribution in [-0.2, 0) is 4.79 Å². The summed E-state index contributed by atoms with van der Waals surface area (Å²) in [6.07, 6.45) is 2.12. The number of aromatic nitrogens is 1. The molecule has 0 amide bonds. The van der Waals surface area contributed by atoms with Gasteiger partial charge in [0.2, 0.25) is 0 Å². The van der Waals surface area contributed by atoms with Gasteiger partial charge in [0.15, 0.2) is 0 Å². The molecule has 0 bridgehead atoms. The van der Waals surface area contributed by atoms with Gasteiger partial charge < -0.3 is 15.4 Å². The first-order valence-corrected chi connectivity index (χ1v) is 7.28. The number of allylic oxidation sites excluding steroid dienone is 1. The summed E-state index contributed by atoms with van der Waals surface area (Å²) in [5.74, 6) is -1.43. The second-order valence-electron chi connectivity index (χ2n) is 4.49. The third-order valence-corrected chi connectivity index (χ3v) is 4.57. The molecule has 1 aromatic heterocycles. The molecule has 1 atom stereocenters. The van der Waals surface area contributed by atoms with Gasteiger partial charge in [-0.15, -0.1) is 11.3 Å². The maximum Gasteiger partial charge on any atom is 0.351 e. The van der Waals surface area contributed by atoms with Crippen LogP contribution >= 0.6 is 22.9 Å². The molecule has 2 aromatic rings. The smallest absolute Gasteiger partial charge is 0.351 e. The van der Waals surface area contributed by atoms with Crippen molar-refractivity contribution in [3.8, 4) is 0 Å². The zero-order chi connectivity index (χ0) is 14.4. The number of thiazole rings is 1. The number of benzene rings is 1. The molecule has 1 aromatic carbocycles. The van der Waals surface area contributed by atoms with Crippen molar-refractivity contribution in [2.75, 3.05) is 5.06 Å². The molecule has 2 heterocycles. The largest absolute Gasteiger partial charge is 0.754 e. The third kappa shape index (κ3) is 1.80. The van der Waals surface area contributed by atoms with Crippen LogP contribution in [0.4, 0.5) is 5.69 Å². The first kappa shape index (κ1) is 13.4. The van der Waals surface area contributed by atoms with Crippen LogP contribution in [0.15, 0.2) is 23.3 Å². The number of hydrogen-bond donors (Lipinski definition) is 1. The number of hydrogen-bond acceptors (Lipinski definition) is 5. The van der Waals surface area contributed by atoms with Gasteiger partial charge in [0.05, 0.1) is 15.2 Å². The van der Waals surface area contributed by atoms with E-state index >= 15 is 0 Å². The molecule has 1 aliphatic heterocycles. The van der Waals surface area contributed by atoms with E-state index in [9.17, 15) is 10.0 Å². The monoisotopic (exact) mass is 309 g/mol. The molecule has 0 fully saturated rings. The molecule has 5 nitrogen and oxygen atoms in total. The summed E-state index contributed by atoms with van der Waals surface area (Å²) in [7, 11) is 0. The number of anilines is 1. The van der Waals surface area contributed by atoms with Crippen LogP contribution in [0.3, 0.4) is 0 Å². The Balaban J connectivity index is 2.31. The van der Waals surface area contributed by atoms with Gasteiger partial charge in [-0.2, -0.15) is 0 Å². The Morgan fingerprint density at radius 3 is 3.05 bits per heavy atom. The van der Waals surface area contributed by atoms with Crippen LogP contribution in [0, 0.1) is 5.21 Å². The molecule has 0 spiro atoms. The molecule has 3 rings (SSSR count). The highest BCUT2D eigenvalue weighted by Gasteiger charge is 2.28. The third-order valence-electron chi connectivity index (χ3n) is 3.41. The van der Waals surface area contributed by atoms with Crippen molar-refractivity contribution in [1.29, 1.82) is 0 Å². The van der Waals surface area contributed by atoms with Gasteiger partial charge in [0.25, 0.3) is 0 Å². The standard InChI is InChI=1S/C13H10ClN2O3S/c1-2-6-3-8(13(17)18)16(19)7-4-9-12(15-5-20-9)11(14)10(6)7/h3-6H,2H2,1H3,(H,17,18)/q-1. The van der Waals surface area contributed by atoms with E-state index in [1.807, 2.05) is 6.92 Å². The molecule has 0 aliphatic carbocycles. The van der Waals surface area contributed by atoms with Crippen molar-refractivity contribution in [1.82, 2.24) is 4.98 Å². The normalized spacial score (nSPS) is 18.1. The van der Waals surface area contributed by atoms with E-state index < -0.39 is 5.97 Å². The summed E-state index contributed by atoms with van der Waals surface area (Å²) < 4.78 is 0.774. The van der Waals surface area contributed by atoms with E-state index in [0.717, 1.165) is 4.70 Å².